The zero-order valence-electron chi connectivity index (χ0n) is 12.0. The predicted molar refractivity (Wildman–Crippen MR) is 77.9 cm³/mol. The van der Waals surface area contributed by atoms with Gasteiger partial charge < -0.3 is 14.8 Å². The number of carboxylic acids is 1. The molecule has 21 heavy (non-hydrogen) atoms. The van der Waals surface area contributed by atoms with Crippen LogP contribution >= 0.6 is 0 Å². The Bertz CT molecular complexity index is 603. The lowest BCUT2D eigenvalue weighted by Crippen LogP contribution is -2.29. The van der Waals surface area contributed by atoms with Crippen molar-refractivity contribution >= 4 is 17.5 Å². The van der Waals surface area contributed by atoms with Crippen LogP contribution in [-0.4, -0.2) is 32.9 Å². The zero-order valence-corrected chi connectivity index (χ0v) is 12.0. The van der Waals surface area contributed by atoms with Gasteiger partial charge >= 0.3 is 5.97 Å². The van der Waals surface area contributed by atoms with Gasteiger partial charge in [-0.05, 0) is 24.5 Å². The van der Waals surface area contributed by atoms with Crippen LogP contribution in [0.3, 0.4) is 0 Å². The molecule has 2 heterocycles. The first kappa shape index (κ1) is 15.0. The maximum Gasteiger partial charge on any atom is 0.303 e. The average Bonchev–Trinajstić information content (AvgIpc) is 2.84. The van der Waals surface area contributed by atoms with E-state index < -0.39 is 5.97 Å². The number of imidazole rings is 1. The van der Waals surface area contributed by atoms with Gasteiger partial charge in [0.2, 0.25) is 5.91 Å². The molecule has 0 bridgehead atoms. The van der Waals surface area contributed by atoms with Gasteiger partial charge in [-0.15, -0.1) is 0 Å². The molecular formula is C15H19N3O3. The van der Waals surface area contributed by atoms with E-state index in [-0.39, 0.29) is 24.7 Å². The molecule has 0 fully saturated rings. The van der Waals surface area contributed by atoms with Crippen LogP contribution in [0.2, 0.25) is 0 Å². The number of carboxylic acid groups (broad SMARTS) is 1. The van der Waals surface area contributed by atoms with Gasteiger partial charge in [-0.25, -0.2) is 4.98 Å². The summed E-state index contributed by atoms with van der Waals surface area (Å²) in [5, 5.41) is 11.4. The minimum absolute atomic E-state index is 0.0967. The van der Waals surface area contributed by atoms with Crippen LogP contribution in [-0.2, 0) is 16.0 Å². The first-order chi connectivity index (χ1) is 10.0. The summed E-state index contributed by atoms with van der Waals surface area (Å²) < 4.78 is 1.87. The number of fused-ring (bicyclic) bond motifs is 1. The highest BCUT2D eigenvalue weighted by atomic mass is 16.4. The number of carbonyl (C=O) groups is 2. The number of amides is 1. The van der Waals surface area contributed by atoms with E-state index in [9.17, 15) is 9.59 Å². The summed E-state index contributed by atoms with van der Waals surface area (Å²) >= 11 is 0. The van der Waals surface area contributed by atoms with Crippen LogP contribution in [0.5, 0.6) is 0 Å². The lowest BCUT2D eigenvalue weighted by molar-refractivity contribution is -0.137. The average molecular weight is 289 g/mol. The number of nitrogens with one attached hydrogen (secondary N) is 1. The Morgan fingerprint density at radius 1 is 1.43 bits per heavy atom. The summed E-state index contributed by atoms with van der Waals surface area (Å²) in [6.07, 6.45) is 4.64. The minimum Gasteiger partial charge on any atom is -0.481 e. The Balaban J connectivity index is 1.80. The van der Waals surface area contributed by atoms with E-state index in [4.69, 9.17) is 5.11 Å². The highest BCUT2D eigenvalue weighted by Crippen LogP contribution is 2.06. The van der Waals surface area contributed by atoms with Crippen molar-refractivity contribution in [3.63, 3.8) is 0 Å². The minimum atomic E-state index is -0.808. The van der Waals surface area contributed by atoms with Crippen LogP contribution in [0.4, 0.5) is 0 Å². The van der Waals surface area contributed by atoms with Crippen molar-refractivity contribution < 1.29 is 14.7 Å². The quantitative estimate of drug-likeness (QED) is 0.809. The Morgan fingerprint density at radius 2 is 2.24 bits per heavy atom. The van der Waals surface area contributed by atoms with Gasteiger partial charge in [0.25, 0.3) is 0 Å². The van der Waals surface area contributed by atoms with E-state index >= 15 is 0 Å². The van der Waals surface area contributed by atoms with E-state index in [1.807, 2.05) is 41.9 Å². The first-order valence-corrected chi connectivity index (χ1v) is 6.95. The molecule has 0 aliphatic rings. The van der Waals surface area contributed by atoms with E-state index in [2.05, 4.69) is 10.3 Å². The lowest BCUT2D eigenvalue weighted by atomic mass is 10.1. The first-order valence-electron chi connectivity index (χ1n) is 6.95. The number of carbonyl (C=O) groups excluding carboxylic acids is 1. The Hall–Kier alpha value is -2.37. The maximum atomic E-state index is 11.9. The third kappa shape index (κ3) is 4.59. The molecule has 1 atom stereocenters. The smallest absolute Gasteiger partial charge is 0.303 e. The van der Waals surface area contributed by atoms with Crippen LogP contribution in [0.15, 0.2) is 30.6 Å². The summed E-state index contributed by atoms with van der Waals surface area (Å²) in [5.74, 6) is -0.760. The summed E-state index contributed by atoms with van der Waals surface area (Å²) in [7, 11) is 0. The monoisotopic (exact) mass is 289 g/mol. The molecule has 0 aliphatic carbocycles. The molecule has 0 saturated carbocycles. The van der Waals surface area contributed by atoms with E-state index in [0.717, 1.165) is 11.3 Å². The van der Waals surface area contributed by atoms with Crippen molar-refractivity contribution in [2.45, 2.75) is 26.2 Å². The number of hydrogen-bond donors (Lipinski definition) is 2. The summed E-state index contributed by atoms with van der Waals surface area (Å²) in [4.78, 5) is 26.7. The van der Waals surface area contributed by atoms with Crippen molar-refractivity contribution in [1.82, 2.24) is 14.7 Å². The van der Waals surface area contributed by atoms with Crippen molar-refractivity contribution in [1.29, 1.82) is 0 Å². The van der Waals surface area contributed by atoms with Gasteiger partial charge in [-0.1, -0.05) is 13.0 Å². The standard InChI is InChI=1S/C15H19N3O3/c1-11(5-6-15(20)21)9-16-14(19)8-12-10-18-7-3-2-4-13(18)17-12/h2-4,7,10-11H,5-6,8-9H2,1H3,(H,16,19)(H,20,21). The molecule has 0 aromatic carbocycles. The Kier molecular flexibility index (Phi) is 4.92. The third-order valence-corrected chi connectivity index (χ3v) is 3.25. The molecule has 2 rings (SSSR count). The number of pyridine rings is 1. The SMILES string of the molecule is CC(CCC(=O)O)CNC(=O)Cc1cn2ccccc2n1. The third-order valence-electron chi connectivity index (χ3n) is 3.25. The largest absolute Gasteiger partial charge is 0.481 e. The molecule has 6 nitrogen and oxygen atoms in total. The van der Waals surface area contributed by atoms with Crippen molar-refractivity contribution in [2.75, 3.05) is 6.54 Å². The molecule has 1 unspecified atom stereocenters. The number of aromatic nitrogens is 2. The fourth-order valence-corrected chi connectivity index (χ4v) is 2.06. The van der Waals surface area contributed by atoms with E-state index in [0.29, 0.717) is 13.0 Å². The van der Waals surface area contributed by atoms with E-state index in [1.165, 1.54) is 0 Å². The predicted octanol–water partition coefficient (Wildman–Crippen LogP) is 1.49. The van der Waals surface area contributed by atoms with Gasteiger partial charge in [-0.3, -0.25) is 9.59 Å². The molecule has 112 valence electrons. The summed E-state index contributed by atoms with van der Waals surface area (Å²) in [5.41, 5.74) is 1.53. The van der Waals surface area contributed by atoms with Crippen LogP contribution < -0.4 is 5.32 Å². The molecule has 0 aliphatic heterocycles. The van der Waals surface area contributed by atoms with E-state index in [1.54, 1.807) is 0 Å². The molecule has 6 heteroatoms. The lowest BCUT2D eigenvalue weighted by Gasteiger charge is -2.10. The van der Waals surface area contributed by atoms with Crippen LogP contribution in [0, 0.1) is 5.92 Å². The zero-order chi connectivity index (χ0) is 15.2. The fraction of sp³-hybridized carbons (Fsp3) is 0.400. The molecule has 0 saturated heterocycles. The van der Waals surface area contributed by atoms with Gasteiger partial charge in [0.15, 0.2) is 0 Å². The Labute approximate surface area is 122 Å². The molecule has 1 amide bonds. The summed E-state index contributed by atoms with van der Waals surface area (Å²) in [6.45, 7) is 2.41. The number of rotatable bonds is 7. The second kappa shape index (κ2) is 6.88. The molecule has 2 aromatic heterocycles. The van der Waals surface area contributed by atoms with Gasteiger partial charge in [0.1, 0.15) is 5.65 Å². The van der Waals surface area contributed by atoms with Crippen molar-refractivity contribution in [2.24, 2.45) is 5.92 Å². The number of aliphatic carboxylic acids is 1. The number of hydrogen-bond acceptors (Lipinski definition) is 3. The second-order valence-corrected chi connectivity index (χ2v) is 5.22. The fourth-order valence-electron chi connectivity index (χ4n) is 2.06. The maximum absolute atomic E-state index is 11.9. The number of nitrogens with zero attached hydrogens (tertiary/aromatic N) is 2. The highest BCUT2D eigenvalue weighted by Gasteiger charge is 2.10. The van der Waals surface area contributed by atoms with Gasteiger partial charge in [0.05, 0.1) is 12.1 Å². The topological polar surface area (TPSA) is 83.7 Å². The Morgan fingerprint density at radius 3 is 2.95 bits per heavy atom. The molecule has 2 aromatic rings. The molecule has 2 N–H and O–H groups in total. The van der Waals surface area contributed by atoms with Crippen LogP contribution in [0.25, 0.3) is 5.65 Å². The highest BCUT2D eigenvalue weighted by molar-refractivity contribution is 5.78. The molecule has 0 spiro atoms. The summed E-state index contributed by atoms with van der Waals surface area (Å²) in [6, 6.07) is 5.69. The molecular weight excluding hydrogens is 270 g/mol. The second-order valence-electron chi connectivity index (χ2n) is 5.22. The van der Waals surface area contributed by atoms with Gasteiger partial charge in [0, 0.05) is 25.4 Å². The van der Waals surface area contributed by atoms with Crippen molar-refractivity contribution in [3.8, 4) is 0 Å². The normalized spacial score (nSPS) is 12.2. The van der Waals surface area contributed by atoms with Gasteiger partial charge in [-0.2, -0.15) is 0 Å². The van der Waals surface area contributed by atoms with Crippen molar-refractivity contribution in [3.05, 3.63) is 36.3 Å². The molecule has 0 radical (unpaired) electrons. The van der Waals surface area contributed by atoms with Crippen LogP contribution in [0.1, 0.15) is 25.5 Å².